The highest BCUT2D eigenvalue weighted by molar-refractivity contribution is 8.45. The summed E-state index contributed by atoms with van der Waals surface area (Å²) in [5.74, 6) is -1.95. The number of alkyl halides is 3. The number of primary amides is 1. The molecule has 1 aromatic heterocycles. The third-order valence-electron chi connectivity index (χ3n) is 3.58. The van der Waals surface area contributed by atoms with Gasteiger partial charge in [-0.15, -0.1) is 0 Å². The molecule has 1 aromatic carbocycles. The summed E-state index contributed by atoms with van der Waals surface area (Å²) in [7, 11) is -10.5. The van der Waals surface area contributed by atoms with E-state index in [1.165, 1.54) is 12.4 Å². The first-order valence-corrected chi connectivity index (χ1v) is 9.90. The molecule has 0 aliphatic rings. The standard InChI is InChI=1S/C16H12F8N6OS/c17-16(18,19)11-1-9(2-12(3-11)32(20,21,22,23)24)14(25)30-8-29-6-13(15(26)31)10-4-27-7-28-5-10/h1-8H,(H2,26,31)(H2,25,29,30)/b13-6+. The van der Waals surface area contributed by atoms with Gasteiger partial charge in [0.05, 0.1) is 11.1 Å². The van der Waals surface area contributed by atoms with E-state index in [0.29, 0.717) is 6.34 Å². The van der Waals surface area contributed by atoms with Crippen molar-refractivity contribution in [2.75, 3.05) is 0 Å². The van der Waals surface area contributed by atoms with Crippen molar-refractivity contribution in [2.24, 2.45) is 21.5 Å². The van der Waals surface area contributed by atoms with Crippen LogP contribution in [0.2, 0.25) is 0 Å². The van der Waals surface area contributed by atoms with Gasteiger partial charge in [-0.1, -0.05) is 19.4 Å². The van der Waals surface area contributed by atoms with E-state index in [-0.39, 0.29) is 23.3 Å². The Kier molecular flexibility index (Phi) is 5.82. The molecule has 0 unspecified atom stereocenters. The Hall–Kier alpha value is -3.56. The smallest absolute Gasteiger partial charge is 0.383 e. The number of amidine groups is 1. The second kappa shape index (κ2) is 7.54. The van der Waals surface area contributed by atoms with Crippen LogP contribution in [-0.2, 0) is 11.0 Å². The summed E-state index contributed by atoms with van der Waals surface area (Å²) < 4.78 is 104. The number of aromatic nitrogens is 2. The number of hydrogen-bond acceptors (Lipinski definition) is 4. The number of carbonyl (C=O) groups excluding carboxylic acids is 1. The molecule has 0 radical (unpaired) electrons. The number of carbonyl (C=O) groups is 1. The highest BCUT2D eigenvalue weighted by Gasteiger charge is 2.66. The van der Waals surface area contributed by atoms with Crippen LogP contribution in [-0.4, -0.2) is 28.0 Å². The zero-order valence-electron chi connectivity index (χ0n) is 15.4. The summed E-state index contributed by atoms with van der Waals surface area (Å²) in [5.41, 5.74) is 7.37. The van der Waals surface area contributed by atoms with Gasteiger partial charge in [0, 0.05) is 29.7 Å². The molecule has 0 fully saturated rings. The molecular weight excluding hydrogens is 476 g/mol. The molecule has 0 saturated carbocycles. The van der Waals surface area contributed by atoms with E-state index in [0.717, 1.165) is 12.5 Å². The van der Waals surface area contributed by atoms with Crippen molar-refractivity contribution in [1.29, 1.82) is 0 Å². The Morgan fingerprint density at radius 1 is 0.969 bits per heavy atom. The minimum absolute atomic E-state index is 0.117. The maximum absolute atomic E-state index is 13.1. The summed E-state index contributed by atoms with van der Waals surface area (Å²) in [4.78, 5) is 22.8. The van der Waals surface area contributed by atoms with E-state index >= 15 is 0 Å². The van der Waals surface area contributed by atoms with Crippen molar-refractivity contribution >= 4 is 33.9 Å². The van der Waals surface area contributed by atoms with Crippen LogP contribution in [0, 0.1) is 0 Å². The Morgan fingerprint density at radius 2 is 1.56 bits per heavy atom. The molecule has 1 heterocycles. The SMILES string of the molecule is NC(=O)/C(=C/N=CN=C(N)c1cc(C(F)(F)F)cc(S(F)(F)(F)(F)F)c1)c1cncnc1. The fourth-order valence-electron chi connectivity index (χ4n) is 2.13. The molecule has 16 heteroatoms. The fourth-order valence-corrected chi connectivity index (χ4v) is 2.83. The van der Waals surface area contributed by atoms with Crippen molar-refractivity contribution in [3.05, 3.63) is 59.8 Å². The van der Waals surface area contributed by atoms with Gasteiger partial charge in [-0.2, -0.15) is 13.2 Å². The predicted octanol–water partition coefficient (Wildman–Crippen LogP) is 4.41. The predicted molar refractivity (Wildman–Crippen MR) is 101 cm³/mol. The number of nitrogens with zero attached hydrogens (tertiary/aromatic N) is 4. The summed E-state index contributed by atoms with van der Waals surface area (Å²) >= 11 is 0. The van der Waals surface area contributed by atoms with Crippen LogP contribution < -0.4 is 11.5 Å². The Morgan fingerprint density at radius 3 is 2.06 bits per heavy atom. The topological polar surface area (TPSA) is 120 Å². The van der Waals surface area contributed by atoms with E-state index in [1.54, 1.807) is 0 Å². The first-order chi connectivity index (χ1) is 14.4. The number of hydrogen-bond donors (Lipinski definition) is 2. The lowest BCUT2D eigenvalue weighted by atomic mass is 10.1. The van der Waals surface area contributed by atoms with Gasteiger partial charge in [0.15, 0.2) is 0 Å². The van der Waals surface area contributed by atoms with Crippen molar-refractivity contribution < 1.29 is 37.4 Å². The molecule has 2 rings (SSSR count). The Bertz CT molecular complexity index is 1130. The van der Waals surface area contributed by atoms with Gasteiger partial charge in [0.1, 0.15) is 23.4 Å². The Balaban J connectivity index is 2.48. The number of halogens is 8. The molecule has 0 bridgehead atoms. The number of aliphatic imine (C=N–C) groups is 2. The highest BCUT2D eigenvalue weighted by Crippen LogP contribution is 3.02. The third-order valence-corrected chi connectivity index (χ3v) is 4.71. The zero-order valence-corrected chi connectivity index (χ0v) is 16.2. The molecule has 7 nitrogen and oxygen atoms in total. The molecule has 4 N–H and O–H groups in total. The molecule has 1 amide bonds. The quantitative estimate of drug-likeness (QED) is 0.271. The van der Waals surface area contributed by atoms with Gasteiger partial charge in [0.25, 0.3) is 5.91 Å². The van der Waals surface area contributed by atoms with Crippen molar-refractivity contribution in [2.45, 2.75) is 11.1 Å². The zero-order chi connectivity index (χ0) is 24.4. The summed E-state index contributed by atoms with van der Waals surface area (Å²) in [5, 5.41) is 0. The lowest BCUT2D eigenvalue weighted by molar-refractivity contribution is -0.137. The second-order valence-electron chi connectivity index (χ2n) is 6.03. The van der Waals surface area contributed by atoms with Gasteiger partial charge in [-0.3, -0.25) is 4.79 Å². The molecule has 0 spiro atoms. The van der Waals surface area contributed by atoms with E-state index in [2.05, 4.69) is 20.0 Å². The molecule has 0 aliphatic carbocycles. The van der Waals surface area contributed by atoms with Crippen LogP contribution in [0.4, 0.5) is 32.6 Å². The third kappa shape index (κ3) is 6.47. The molecular formula is C16H12F8N6OS. The minimum atomic E-state index is -10.5. The number of nitrogens with two attached hydrogens (primary N) is 2. The van der Waals surface area contributed by atoms with Gasteiger partial charge in [-0.05, 0) is 18.2 Å². The fraction of sp³-hybridized carbons (Fsp3) is 0.0625. The van der Waals surface area contributed by atoms with E-state index in [4.69, 9.17) is 11.5 Å². The number of benzene rings is 1. The molecule has 32 heavy (non-hydrogen) atoms. The van der Waals surface area contributed by atoms with E-state index in [1.807, 2.05) is 0 Å². The van der Waals surface area contributed by atoms with Crippen LogP contribution in [0.25, 0.3) is 5.57 Å². The van der Waals surface area contributed by atoms with Crippen LogP contribution >= 0.6 is 10.2 Å². The van der Waals surface area contributed by atoms with Crippen molar-refractivity contribution in [3.63, 3.8) is 0 Å². The van der Waals surface area contributed by atoms with E-state index < -0.39 is 50.2 Å². The monoisotopic (exact) mass is 488 g/mol. The average Bonchev–Trinajstić information content (AvgIpc) is 2.65. The van der Waals surface area contributed by atoms with Crippen molar-refractivity contribution in [1.82, 2.24) is 9.97 Å². The maximum atomic E-state index is 13.1. The van der Waals surface area contributed by atoms with Gasteiger partial charge in [-0.25, -0.2) is 20.0 Å². The molecule has 0 atom stereocenters. The lowest BCUT2D eigenvalue weighted by Gasteiger charge is -2.41. The first-order valence-electron chi connectivity index (χ1n) is 7.95. The van der Waals surface area contributed by atoms with Crippen LogP contribution in [0.3, 0.4) is 0 Å². The number of amides is 1. The van der Waals surface area contributed by atoms with Gasteiger partial charge >= 0.3 is 16.4 Å². The van der Waals surface area contributed by atoms with Crippen LogP contribution in [0.5, 0.6) is 0 Å². The maximum Gasteiger partial charge on any atom is 0.416 e. The summed E-state index contributed by atoms with van der Waals surface area (Å²) in [6, 6.07) is -0.850. The first kappa shape index (κ1) is 24.7. The van der Waals surface area contributed by atoms with E-state index in [9.17, 15) is 37.4 Å². The second-order valence-corrected chi connectivity index (χ2v) is 8.44. The van der Waals surface area contributed by atoms with Crippen molar-refractivity contribution in [3.8, 4) is 0 Å². The molecule has 2 aromatic rings. The normalized spacial score (nSPS) is 16.0. The Labute approximate surface area is 174 Å². The minimum Gasteiger partial charge on any atom is -0.383 e. The van der Waals surface area contributed by atoms with Gasteiger partial charge in [0.2, 0.25) is 0 Å². The molecule has 0 aliphatic heterocycles. The largest absolute Gasteiger partial charge is 0.416 e. The summed E-state index contributed by atoms with van der Waals surface area (Å²) in [6.07, 6.45) is -0.390. The average molecular weight is 488 g/mol. The number of rotatable bonds is 6. The molecule has 0 saturated heterocycles. The molecule has 174 valence electrons. The van der Waals surface area contributed by atoms with Crippen LogP contribution in [0.1, 0.15) is 16.7 Å². The lowest BCUT2D eigenvalue weighted by Crippen LogP contribution is -2.18. The summed E-state index contributed by atoms with van der Waals surface area (Å²) in [6.45, 7) is 0. The highest BCUT2D eigenvalue weighted by atomic mass is 32.5. The van der Waals surface area contributed by atoms with Gasteiger partial charge < -0.3 is 11.5 Å². The van der Waals surface area contributed by atoms with Crippen LogP contribution in [0.15, 0.2) is 58.0 Å².